The van der Waals surface area contributed by atoms with Crippen molar-refractivity contribution < 1.29 is 19.1 Å². The molecule has 0 amide bonds. The molecule has 0 aliphatic carbocycles. The van der Waals surface area contributed by atoms with Crippen molar-refractivity contribution in [2.75, 3.05) is 5.32 Å². The second-order valence-corrected chi connectivity index (χ2v) is 5.38. The Morgan fingerprint density at radius 3 is 2.21 bits per heavy atom. The maximum Gasteiger partial charge on any atom is 0.371 e. The van der Waals surface area contributed by atoms with Crippen molar-refractivity contribution in [1.82, 2.24) is 0 Å². The Bertz CT molecular complexity index is 819. The van der Waals surface area contributed by atoms with Gasteiger partial charge in [0.25, 0.3) is 0 Å². The summed E-state index contributed by atoms with van der Waals surface area (Å²) in [5, 5.41) is 12.1. The first kappa shape index (κ1) is 15.7. The molecule has 0 aliphatic rings. The average molecular weight is 323 g/mol. The van der Waals surface area contributed by atoms with Gasteiger partial charge in [0.15, 0.2) is 0 Å². The summed E-state index contributed by atoms with van der Waals surface area (Å²) in [4.78, 5) is 10.8. The summed E-state index contributed by atoms with van der Waals surface area (Å²) in [6.45, 7) is 2.23. The van der Waals surface area contributed by atoms with E-state index >= 15 is 0 Å². The van der Waals surface area contributed by atoms with Gasteiger partial charge in [-0.3, -0.25) is 0 Å². The van der Waals surface area contributed by atoms with E-state index in [1.165, 1.54) is 11.6 Å². The number of nitrogens with one attached hydrogen (secondary N) is 1. The van der Waals surface area contributed by atoms with Gasteiger partial charge in [0.1, 0.15) is 18.1 Å². The summed E-state index contributed by atoms with van der Waals surface area (Å²) in [5.41, 5.74) is 3.19. The molecule has 0 radical (unpaired) electrons. The van der Waals surface area contributed by atoms with Crippen molar-refractivity contribution in [1.29, 1.82) is 0 Å². The van der Waals surface area contributed by atoms with Crippen molar-refractivity contribution in [3.63, 3.8) is 0 Å². The van der Waals surface area contributed by atoms with Crippen LogP contribution >= 0.6 is 0 Å². The molecule has 1 heterocycles. The fraction of sp³-hybridized carbons (Fsp3) is 0.105. The van der Waals surface area contributed by atoms with Crippen LogP contribution in [0.3, 0.4) is 0 Å². The van der Waals surface area contributed by atoms with Crippen LogP contribution in [0.15, 0.2) is 65.1 Å². The number of hydrogen-bond donors (Lipinski definition) is 2. The van der Waals surface area contributed by atoms with E-state index in [1.54, 1.807) is 6.07 Å². The predicted octanol–water partition coefficient (Wildman–Crippen LogP) is 4.61. The zero-order valence-electron chi connectivity index (χ0n) is 13.2. The number of anilines is 2. The molecule has 0 aliphatic heterocycles. The van der Waals surface area contributed by atoms with Crippen molar-refractivity contribution in [3.05, 3.63) is 77.7 Å². The van der Waals surface area contributed by atoms with E-state index in [2.05, 4.69) is 17.4 Å². The molecular weight excluding hydrogens is 306 g/mol. The zero-order chi connectivity index (χ0) is 16.9. The summed E-state index contributed by atoms with van der Waals surface area (Å²) < 4.78 is 10.7. The summed E-state index contributed by atoms with van der Waals surface area (Å²) in [6.07, 6.45) is 0. The van der Waals surface area contributed by atoms with Gasteiger partial charge in [-0.2, -0.15) is 0 Å². The van der Waals surface area contributed by atoms with Crippen LogP contribution in [0.25, 0.3) is 0 Å². The molecule has 0 saturated carbocycles. The fourth-order valence-corrected chi connectivity index (χ4v) is 2.16. The number of aromatic carboxylic acids is 1. The highest BCUT2D eigenvalue weighted by atomic mass is 16.5. The van der Waals surface area contributed by atoms with E-state index < -0.39 is 5.97 Å². The van der Waals surface area contributed by atoms with E-state index in [1.807, 2.05) is 43.3 Å². The van der Waals surface area contributed by atoms with E-state index in [9.17, 15) is 4.79 Å². The van der Waals surface area contributed by atoms with Crippen LogP contribution in [0.2, 0.25) is 0 Å². The minimum absolute atomic E-state index is 0.0914. The normalized spacial score (nSPS) is 10.4. The molecule has 24 heavy (non-hydrogen) atoms. The Hall–Kier alpha value is -3.21. The number of furan rings is 1. The van der Waals surface area contributed by atoms with Gasteiger partial charge in [-0.25, -0.2) is 4.79 Å². The highest BCUT2D eigenvalue weighted by Gasteiger charge is 2.09. The third kappa shape index (κ3) is 3.95. The Balaban J connectivity index is 1.57. The van der Waals surface area contributed by atoms with Crippen molar-refractivity contribution in [2.24, 2.45) is 0 Å². The number of benzene rings is 2. The third-order valence-electron chi connectivity index (χ3n) is 3.45. The van der Waals surface area contributed by atoms with Gasteiger partial charge in [-0.15, -0.1) is 0 Å². The van der Waals surface area contributed by atoms with Gasteiger partial charge < -0.3 is 19.6 Å². The third-order valence-corrected chi connectivity index (χ3v) is 3.45. The molecular formula is C19H17NO4. The molecule has 3 aromatic rings. The molecule has 122 valence electrons. The number of rotatable bonds is 6. The average Bonchev–Trinajstić information content (AvgIpc) is 3.06. The minimum atomic E-state index is -1.09. The van der Waals surface area contributed by atoms with Crippen LogP contribution < -0.4 is 10.1 Å². The maximum absolute atomic E-state index is 10.8. The van der Waals surface area contributed by atoms with Gasteiger partial charge >= 0.3 is 5.97 Å². The molecule has 0 spiro atoms. The summed E-state index contributed by atoms with van der Waals surface area (Å²) >= 11 is 0. The summed E-state index contributed by atoms with van der Waals surface area (Å²) in [6, 6.07) is 18.7. The zero-order valence-corrected chi connectivity index (χ0v) is 13.2. The SMILES string of the molecule is Cc1ccc(Nc2ccc(OCc3ccc(C(=O)O)o3)cc2)cc1. The highest BCUT2D eigenvalue weighted by molar-refractivity contribution is 5.84. The minimum Gasteiger partial charge on any atom is -0.486 e. The number of hydrogen-bond acceptors (Lipinski definition) is 4. The molecule has 0 bridgehead atoms. The van der Waals surface area contributed by atoms with Gasteiger partial charge in [0.05, 0.1) is 0 Å². The summed E-state index contributed by atoms with van der Waals surface area (Å²) in [5.74, 6) is -0.0361. The smallest absolute Gasteiger partial charge is 0.371 e. The number of aryl methyl sites for hydroxylation is 1. The monoisotopic (exact) mass is 323 g/mol. The molecule has 5 heteroatoms. The van der Waals surface area contributed by atoms with Gasteiger partial charge in [-0.05, 0) is 55.5 Å². The molecule has 1 aromatic heterocycles. The van der Waals surface area contributed by atoms with Crippen LogP contribution in [0.5, 0.6) is 5.75 Å². The number of carboxylic acids is 1. The van der Waals surface area contributed by atoms with Crippen molar-refractivity contribution in [2.45, 2.75) is 13.5 Å². The largest absolute Gasteiger partial charge is 0.486 e. The predicted molar refractivity (Wildman–Crippen MR) is 90.9 cm³/mol. The Labute approximate surface area is 139 Å². The molecule has 0 fully saturated rings. The summed E-state index contributed by atoms with van der Waals surface area (Å²) in [7, 11) is 0. The van der Waals surface area contributed by atoms with Crippen molar-refractivity contribution in [3.8, 4) is 5.75 Å². The van der Waals surface area contributed by atoms with Gasteiger partial charge in [-0.1, -0.05) is 17.7 Å². The molecule has 2 aromatic carbocycles. The van der Waals surface area contributed by atoms with Crippen LogP contribution in [0, 0.1) is 6.92 Å². The molecule has 0 unspecified atom stereocenters. The Morgan fingerprint density at radius 1 is 1.00 bits per heavy atom. The lowest BCUT2D eigenvalue weighted by atomic mass is 10.2. The van der Waals surface area contributed by atoms with E-state index in [-0.39, 0.29) is 12.4 Å². The van der Waals surface area contributed by atoms with E-state index in [0.29, 0.717) is 11.5 Å². The Kier molecular flexibility index (Phi) is 4.52. The fourth-order valence-electron chi connectivity index (χ4n) is 2.16. The highest BCUT2D eigenvalue weighted by Crippen LogP contribution is 2.21. The number of carboxylic acid groups (broad SMARTS) is 1. The molecule has 5 nitrogen and oxygen atoms in total. The van der Waals surface area contributed by atoms with Crippen LogP contribution in [0.4, 0.5) is 11.4 Å². The Morgan fingerprint density at radius 2 is 1.62 bits per heavy atom. The van der Waals surface area contributed by atoms with Gasteiger partial charge in [0.2, 0.25) is 5.76 Å². The first-order chi connectivity index (χ1) is 11.6. The van der Waals surface area contributed by atoms with Crippen molar-refractivity contribution >= 4 is 17.3 Å². The first-order valence-corrected chi connectivity index (χ1v) is 7.49. The standard InChI is InChI=1S/C19H17NO4/c1-13-2-4-14(5-3-13)20-15-6-8-16(9-7-15)23-12-17-10-11-18(24-17)19(21)22/h2-11,20H,12H2,1H3,(H,21,22). The number of ether oxygens (including phenoxy) is 1. The first-order valence-electron chi connectivity index (χ1n) is 7.49. The molecule has 3 rings (SSSR count). The lowest BCUT2D eigenvalue weighted by Gasteiger charge is -2.08. The topological polar surface area (TPSA) is 71.7 Å². The van der Waals surface area contributed by atoms with E-state index in [0.717, 1.165) is 11.4 Å². The van der Waals surface area contributed by atoms with Crippen LogP contribution in [0.1, 0.15) is 21.9 Å². The second-order valence-electron chi connectivity index (χ2n) is 5.38. The maximum atomic E-state index is 10.8. The second kappa shape index (κ2) is 6.91. The van der Waals surface area contributed by atoms with Crippen LogP contribution in [-0.4, -0.2) is 11.1 Å². The molecule has 0 atom stereocenters. The lowest BCUT2D eigenvalue weighted by Crippen LogP contribution is -1.95. The lowest BCUT2D eigenvalue weighted by molar-refractivity contribution is 0.0658. The van der Waals surface area contributed by atoms with E-state index in [4.69, 9.17) is 14.3 Å². The molecule has 2 N–H and O–H groups in total. The van der Waals surface area contributed by atoms with Gasteiger partial charge in [0, 0.05) is 11.4 Å². The molecule has 0 saturated heterocycles. The van der Waals surface area contributed by atoms with Crippen LogP contribution in [-0.2, 0) is 6.61 Å². The number of carbonyl (C=O) groups is 1. The quantitative estimate of drug-likeness (QED) is 0.693.